The third-order valence-electron chi connectivity index (χ3n) is 4.72. The van der Waals surface area contributed by atoms with Crippen molar-refractivity contribution < 1.29 is 4.74 Å². The van der Waals surface area contributed by atoms with Gasteiger partial charge in [-0.3, -0.25) is 0 Å². The quantitative estimate of drug-likeness (QED) is 0.870. The van der Waals surface area contributed by atoms with Crippen LogP contribution in [0.3, 0.4) is 0 Å². The first-order valence-electron chi connectivity index (χ1n) is 8.11. The molecule has 0 bridgehead atoms. The average molecular weight is 290 g/mol. The monoisotopic (exact) mass is 290 g/mol. The van der Waals surface area contributed by atoms with Crippen LogP contribution in [-0.4, -0.2) is 38.7 Å². The molecular formula is C18H30N2O. The van der Waals surface area contributed by atoms with E-state index in [4.69, 9.17) is 4.74 Å². The Hall–Kier alpha value is -1.06. The fourth-order valence-electron chi connectivity index (χ4n) is 3.34. The summed E-state index contributed by atoms with van der Waals surface area (Å²) in [6, 6.07) is 7.46. The lowest BCUT2D eigenvalue weighted by Gasteiger charge is -2.39. The minimum absolute atomic E-state index is 0.390. The lowest BCUT2D eigenvalue weighted by molar-refractivity contribution is 0.169. The molecule has 118 valence electrons. The second-order valence-electron chi connectivity index (χ2n) is 6.60. The van der Waals surface area contributed by atoms with Crippen molar-refractivity contribution in [2.45, 2.75) is 45.2 Å². The van der Waals surface area contributed by atoms with E-state index in [2.05, 4.69) is 56.4 Å². The van der Waals surface area contributed by atoms with Gasteiger partial charge in [0.1, 0.15) is 5.75 Å². The number of aryl methyl sites for hydroxylation is 1. The summed E-state index contributed by atoms with van der Waals surface area (Å²) in [5.41, 5.74) is 2.87. The summed E-state index contributed by atoms with van der Waals surface area (Å²) >= 11 is 0. The van der Waals surface area contributed by atoms with E-state index < -0.39 is 0 Å². The van der Waals surface area contributed by atoms with Crippen LogP contribution in [0.5, 0.6) is 5.75 Å². The summed E-state index contributed by atoms with van der Waals surface area (Å²) in [4.78, 5) is 2.53. The molecule has 0 heterocycles. The zero-order valence-corrected chi connectivity index (χ0v) is 14.1. The predicted octanol–water partition coefficient (Wildman–Crippen LogP) is 3.25. The molecule has 2 atom stereocenters. The number of fused-ring (bicyclic) bond motifs is 1. The smallest absolute Gasteiger partial charge is 0.119 e. The first-order chi connectivity index (χ1) is 10.1. The van der Waals surface area contributed by atoms with Crippen molar-refractivity contribution in [2.75, 3.05) is 27.7 Å². The van der Waals surface area contributed by atoms with E-state index in [9.17, 15) is 0 Å². The molecule has 0 fully saturated rings. The van der Waals surface area contributed by atoms with Gasteiger partial charge in [0.25, 0.3) is 0 Å². The fraction of sp³-hybridized carbons (Fsp3) is 0.667. The molecule has 0 spiro atoms. The molecular weight excluding hydrogens is 260 g/mol. The molecule has 3 heteroatoms. The Morgan fingerprint density at radius 2 is 2.14 bits per heavy atom. The second-order valence-corrected chi connectivity index (χ2v) is 6.60. The average Bonchev–Trinajstić information content (AvgIpc) is 2.50. The summed E-state index contributed by atoms with van der Waals surface area (Å²) in [7, 11) is 6.08. The largest absolute Gasteiger partial charge is 0.497 e. The molecule has 1 aliphatic carbocycles. The topological polar surface area (TPSA) is 24.5 Å². The first-order valence-corrected chi connectivity index (χ1v) is 8.11. The number of hydrogen-bond donors (Lipinski definition) is 1. The fourth-order valence-corrected chi connectivity index (χ4v) is 3.34. The van der Waals surface area contributed by atoms with Crippen LogP contribution in [0.1, 0.15) is 43.9 Å². The highest BCUT2D eigenvalue weighted by Crippen LogP contribution is 2.34. The van der Waals surface area contributed by atoms with E-state index in [0.29, 0.717) is 12.1 Å². The maximum absolute atomic E-state index is 5.41. The molecule has 0 aliphatic heterocycles. The maximum atomic E-state index is 5.41. The zero-order chi connectivity index (χ0) is 15.4. The molecule has 0 amide bonds. The third-order valence-corrected chi connectivity index (χ3v) is 4.72. The molecule has 1 N–H and O–H groups in total. The van der Waals surface area contributed by atoms with Crippen LogP contribution < -0.4 is 10.1 Å². The zero-order valence-electron chi connectivity index (χ0n) is 14.1. The van der Waals surface area contributed by atoms with E-state index >= 15 is 0 Å². The van der Waals surface area contributed by atoms with Gasteiger partial charge in [0.2, 0.25) is 0 Å². The standard InChI is InChI=1S/C18H30N2O/c1-13(2)10-11-20(4)17-9-7-14-6-8-15(21-5)12-16(14)18(17)19-3/h6,8,12-13,17-19H,7,9-11H2,1-5H3. The summed E-state index contributed by atoms with van der Waals surface area (Å²) in [5, 5.41) is 3.53. The van der Waals surface area contributed by atoms with Gasteiger partial charge in [0.05, 0.1) is 7.11 Å². The van der Waals surface area contributed by atoms with E-state index in [-0.39, 0.29) is 0 Å². The van der Waals surface area contributed by atoms with Crippen LogP contribution in [0.25, 0.3) is 0 Å². The number of nitrogens with one attached hydrogen (secondary N) is 1. The van der Waals surface area contributed by atoms with Gasteiger partial charge in [-0.15, -0.1) is 0 Å². The Kier molecular flexibility index (Phi) is 5.65. The van der Waals surface area contributed by atoms with E-state index in [1.165, 1.54) is 30.5 Å². The second kappa shape index (κ2) is 7.28. The lowest BCUT2D eigenvalue weighted by atomic mass is 9.83. The molecule has 0 saturated carbocycles. The Bertz CT molecular complexity index is 459. The third kappa shape index (κ3) is 3.78. The molecule has 2 rings (SSSR count). The minimum atomic E-state index is 0.390. The van der Waals surface area contributed by atoms with Gasteiger partial charge in [-0.25, -0.2) is 0 Å². The van der Waals surface area contributed by atoms with Gasteiger partial charge in [0, 0.05) is 12.1 Å². The highest BCUT2D eigenvalue weighted by molar-refractivity contribution is 5.40. The molecule has 0 aromatic heterocycles. The molecule has 1 aliphatic rings. The Morgan fingerprint density at radius 1 is 1.38 bits per heavy atom. The minimum Gasteiger partial charge on any atom is -0.497 e. The van der Waals surface area contributed by atoms with Gasteiger partial charge in [0.15, 0.2) is 0 Å². The summed E-state index contributed by atoms with van der Waals surface area (Å²) in [6.45, 7) is 5.76. The van der Waals surface area contributed by atoms with Crippen molar-refractivity contribution in [3.63, 3.8) is 0 Å². The van der Waals surface area contributed by atoms with E-state index in [1.807, 2.05) is 0 Å². The Labute approximate surface area is 129 Å². The number of methoxy groups -OCH3 is 1. The van der Waals surface area contributed by atoms with Crippen molar-refractivity contribution in [3.8, 4) is 5.75 Å². The molecule has 21 heavy (non-hydrogen) atoms. The van der Waals surface area contributed by atoms with Crippen LogP contribution in [-0.2, 0) is 6.42 Å². The lowest BCUT2D eigenvalue weighted by Crippen LogP contribution is -2.45. The normalized spacial score (nSPS) is 21.7. The van der Waals surface area contributed by atoms with Crippen LogP contribution >= 0.6 is 0 Å². The van der Waals surface area contributed by atoms with Gasteiger partial charge < -0.3 is 15.0 Å². The Morgan fingerprint density at radius 3 is 2.76 bits per heavy atom. The highest BCUT2D eigenvalue weighted by Gasteiger charge is 2.31. The van der Waals surface area contributed by atoms with Crippen LogP contribution in [0.15, 0.2) is 18.2 Å². The molecule has 1 aromatic rings. The molecule has 0 saturated heterocycles. The van der Waals surface area contributed by atoms with Gasteiger partial charge in [-0.2, -0.15) is 0 Å². The van der Waals surface area contributed by atoms with Gasteiger partial charge >= 0.3 is 0 Å². The van der Waals surface area contributed by atoms with Gasteiger partial charge in [-0.05, 0) is 69.1 Å². The van der Waals surface area contributed by atoms with Crippen molar-refractivity contribution in [1.82, 2.24) is 10.2 Å². The SMILES string of the molecule is CNC1c2cc(OC)ccc2CCC1N(C)CCC(C)C. The summed E-state index contributed by atoms with van der Waals surface area (Å²) in [6.07, 6.45) is 3.64. The number of ether oxygens (including phenoxy) is 1. The maximum Gasteiger partial charge on any atom is 0.119 e. The van der Waals surface area contributed by atoms with Gasteiger partial charge in [-0.1, -0.05) is 19.9 Å². The van der Waals surface area contributed by atoms with Crippen molar-refractivity contribution in [1.29, 1.82) is 0 Å². The molecule has 1 aromatic carbocycles. The van der Waals surface area contributed by atoms with Crippen LogP contribution in [0.2, 0.25) is 0 Å². The van der Waals surface area contributed by atoms with Crippen molar-refractivity contribution in [3.05, 3.63) is 29.3 Å². The first kappa shape index (κ1) is 16.3. The predicted molar refractivity (Wildman–Crippen MR) is 89.0 cm³/mol. The number of hydrogen-bond acceptors (Lipinski definition) is 3. The molecule has 0 radical (unpaired) electrons. The van der Waals surface area contributed by atoms with Crippen LogP contribution in [0, 0.1) is 5.92 Å². The van der Waals surface area contributed by atoms with Crippen molar-refractivity contribution in [2.24, 2.45) is 5.92 Å². The van der Waals surface area contributed by atoms with E-state index in [1.54, 1.807) is 7.11 Å². The van der Waals surface area contributed by atoms with Crippen molar-refractivity contribution >= 4 is 0 Å². The van der Waals surface area contributed by atoms with E-state index in [0.717, 1.165) is 18.1 Å². The number of benzene rings is 1. The summed E-state index contributed by atoms with van der Waals surface area (Å²) < 4.78 is 5.41. The number of likely N-dealkylation sites (N-methyl/N-ethyl adjacent to an activating group) is 2. The number of rotatable bonds is 6. The number of nitrogens with zero attached hydrogens (tertiary/aromatic N) is 1. The molecule has 2 unspecified atom stereocenters. The molecule has 3 nitrogen and oxygen atoms in total. The van der Waals surface area contributed by atoms with Crippen LogP contribution in [0.4, 0.5) is 0 Å². The highest BCUT2D eigenvalue weighted by atomic mass is 16.5. The summed E-state index contributed by atoms with van der Waals surface area (Å²) in [5.74, 6) is 1.72. The Balaban J connectivity index is 2.18.